The summed E-state index contributed by atoms with van der Waals surface area (Å²) in [6.45, 7) is 5.37. The minimum absolute atomic E-state index is 0.132. The van der Waals surface area contributed by atoms with Gasteiger partial charge in [0.05, 0.1) is 13.2 Å². The Morgan fingerprint density at radius 1 is 1.00 bits per heavy atom. The molecule has 0 spiro atoms. The smallest absolute Gasteiger partial charge is 0.189 e. The lowest BCUT2D eigenvalue weighted by Crippen LogP contribution is -2.13. The summed E-state index contributed by atoms with van der Waals surface area (Å²) >= 11 is 0. The molecule has 2 aromatic rings. The van der Waals surface area contributed by atoms with Gasteiger partial charge in [0, 0.05) is 11.1 Å². The van der Waals surface area contributed by atoms with Gasteiger partial charge in [0.25, 0.3) is 0 Å². The zero-order chi connectivity index (χ0) is 18.4. The number of benzene rings is 2. The molecule has 0 saturated heterocycles. The number of unbranched alkanes of at least 4 members (excludes halogenated alkanes) is 1. The van der Waals surface area contributed by atoms with Crippen LogP contribution in [0.5, 0.6) is 11.5 Å². The molecule has 0 fully saturated rings. The van der Waals surface area contributed by atoms with Crippen molar-refractivity contribution in [2.24, 2.45) is 0 Å². The maximum Gasteiger partial charge on any atom is 0.189 e. The van der Waals surface area contributed by atoms with Crippen molar-refractivity contribution in [1.29, 1.82) is 0 Å². The highest BCUT2D eigenvalue weighted by atomic mass is 16.5. The van der Waals surface area contributed by atoms with Crippen LogP contribution in [0.2, 0.25) is 0 Å². The number of carbonyl (C=O) groups is 1. The number of Topliss-reactive ketones (excluding diaryl/α,β-unsaturated/α-hetero) is 1. The lowest BCUT2D eigenvalue weighted by molar-refractivity contribution is 0.102. The molecule has 1 aliphatic carbocycles. The predicted molar refractivity (Wildman–Crippen MR) is 105 cm³/mol. The van der Waals surface area contributed by atoms with Crippen molar-refractivity contribution in [3.05, 3.63) is 64.7 Å². The third-order valence-electron chi connectivity index (χ3n) is 4.58. The minimum atomic E-state index is 0.132. The van der Waals surface area contributed by atoms with Gasteiger partial charge in [-0.2, -0.15) is 0 Å². The van der Waals surface area contributed by atoms with E-state index in [1.54, 1.807) is 0 Å². The Labute approximate surface area is 155 Å². The molecule has 2 aromatic carbocycles. The number of aryl methyl sites for hydroxylation is 1. The van der Waals surface area contributed by atoms with Gasteiger partial charge in [-0.25, -0.2) is 0 Å². The molecular weight excluding hydrogens is 324 g/mol. The van der Waals surface area contributed by atoms with Gasteiger partial charge in [-0.15, -0.1) is 0 Å². The molecule has 0 saturated carbocycles. The Balaban J connectivity index is 1.84. The summed E-state index contributed by atoms with van der Waals surface area (Å²) in [5.74, 6) is 1.64. The Kier molecular flexibility index (Phi) is 6.11. The van der Waals surface area contributed by atoms with E-state index in [9.17, 15) is 4.79 Å². The second-order valence-corrected chi connectivity index (χ2v) is 6.50. The molecule has 26 heavy (non-hydrogen) atoms. The van der Waals surface area contributed by atoms with E-state index in [0.29, 0.717) is 13.2 Å². The molecule has 0 heterocycles. The standard InChI is InChI=1S/C23H26O3/c1-3-5-14-26-21-13-10-17(16-22(21)25-4-2)15-19-12-11-18-8-6-7-9-20(18)23(19)24/h6-10,13,15-16H,3-5,11-12,14H2,1-2H3/b19-15+. The van der Waals surface area contributed by atoms with Gasteiger partial charge in [0.2, 0.25) is 0 Å². The number of allylic oxidation sites excluding steroid dienone is 1. The van der Waals surface area contributed by atoms with Crippen LogP contribution < -0.4 is 9.47 Å². The van der Waals surface area contributed by atoms with Crippen LogP contribution in [0.1, 0.15) is 54.6 Å². The lowest BCUT2D eigenvalue weighted by atomic mass is 9.86. The van der Waals surface area contributed by atoms with Crippen molar-refractivity contribution in [3.63, 3.8) is 0 Å². The van der Waals surface area contributed by atoms with Crippen molar-refractivity contribution < 1.29 is 14.3 Å². The number of rotatable bonds is 7. The Morgan fingerprint density at radius 3 is 2.65 bits per heavy atom. The monoisotopic (exact) mass is 350 g/mol. The fourth-order valence-corrected chi connectivity index (χ4v) is 3.18. The van der Waals surface area contributed by atoms with Crippen LogP contribution in [-0.2, 0) is 6.42 Å². The fraction of sp³-hybridized carbons (Fsp3) is 0.348. The molecular formula is C23H26O3. The average molecular weight is 350 g/mol. The third-order valence-corrected chi connectivity index (χ3v) is 4.58. The molecule has 136 valence electrons. The molecule has 0 radical (unpaired) electrons. The Morgan fingerprint density at radius 2 is 1.85 bits per heavy atom. The van der Waals surface area contributed by atoms with E-state index in [0.717, 1.165) is 59.4 Å². The normalized spacial score (nSPS) is 15.0. The Bertz CT molecular complexity index is 805. The quantitative estimate of drug-likeness (QED) is 0.490. The zero-order valence-corrected chi connectivity index (χ0v) is 15.6. The summed E-state index contributed by atoms with van der Waals surface area (Å²) in [7, 11) is 0. The molecule has 0 aromatic heterocycles. The summed E-state index contributed by atoms with van der Waals surface area (Å²) in [5.41, 5.74) is 3.80. The highest BCUT2D eigenvalue weighted by Gasteiger charge is 2.21. The van der Waals surface area contributed by atoms with Crippen LogP contribution >= 0.6 is 0 Å². The first-order valence-electron chi connectivity index (χ1n) is 9.45. The SMILES string of the molecule is CCCCOc1ccc(/C=C2\CCc3ccccc3C2=O)cc1OCC. The van der Waals surface area contributed by atoms with Crippen LogP contribution in [0.4, 0.5) is 0 Å². The van der Waals surface area contributed by atoms with Gasteiger partial charge in [0.15, 0.2) is 17.3 Å². The number of ketones is 1. The average Bonchev–Trinajstić information content (AvgIpc) is 2.66. The molecule has 0 atom stereocenters. The fourth-order valence-electron chi connectivity index (χ4n) is 3.18. The molecule has 0 amide bonds. The van der Waals surface area contributed by atoms with E-state index < -0.39 is 0 Å². The first kappa shape index (κ1) is 18.2. The van der Waals surface area contributed by atoms with Crippen LogP contribution in [-0.4, -0.2) is 19.0 Å². The molecule has 0 unspecified atom stereocenters. The first-order valence-corrected chi connectivity index (χ1v) is 9.45. The number of fused-ring (bicyclic) bond motifs is 1. The van der Waals surface area contributed by atoms with Crippen LogP contribution in [0, 0.1) is 0 Å². The predicted octanol–water partition coefficient (Wildman–Crippen LogP) is 5.48. The Hall–Kier alpha value is -2.55. The molecule has 3 heteroatoms. The highest BCUT2D eigenvalue weighted by Crippen LogP contribution is 2.31. The van der Waals surface area contributed by atoms with E-state index in [1.807, 2.05) is 55.5 Å². The molecule has 1 aliphatic rings. The summed E-state index contributed by atoms with van der Waals surface area (Å²) in [4.78, 5) is 12.7. The van der Waals surface area contributed by atoms with Crippen molar-refractivity contribution in [2.75, 3.05) is 13.2 Å². The van der Waals surface area contributed by atoms with Gasteiger partial charge in [-0.1, -0.05) is 43.7 Å². The first-order chi connectivity index (χ1) is 12.7. The number of hydrogen-bond acceptors (Lipinski definition) is 3. The maximum absolute atomic E-state index is 12.7. The van der Waals surface area contributed by atoms with Crippen molar-refractivity contribution in [2.45, 2.75) is 39.5 Å². The number of ether oxygens (including phenoxy) is 2. The second kappa shape index (κ2) is 8.70. The summed E-state index contributed by atoms with van der Waals surface area (Å²) in [5, 5.41) is 0. The molecule has 0 aliphatic heterocycles. The second-order valence-electron chi connectivity index (χ2n) is 6.50. The van der Waals surface area contributed by atoms with Gasteiger partial charge in [0.1, 0.15) is 0 Å². The van der Waals surface area contributed by atoms with E-state index in [-0.39, 0.29) is 5.78 Å². The summed E-state index contributed by atoms with van der Waals surface area (Å²) < 4.78 is 11.6. The van der Waals surface area contributed by atoms with Crippen molar-refractivity contribution in [1.82, 2.24) is 0 Å². The molecule has 3 nitrogen and oxygen atoms in total. The highest BCUT2D eigenvalue weighted by molar-refractivity contribution is 6.13. The maximum atomic E-state index is 12.7. The van der Waals surface area contributed by atoms with Crippen LogP contribution in [0.15, 0.2) is 48.0 Å². The van der Waals surface area contributed by atoms with Crippen molar-refractivity contribution in [3.8, 4) is 11.5 Å². The molecule has 3 rings (SSSR count). The van der Waals surface area contributed by atoms with Gasteiger partial charge in [-0.05, 0) is 55.5 Å². The largest absolute Gasteiger partial charge is 0.490 e. The van der Waals surface area contributed by atoms with E-state index in [2.05, 4.69) is 6.92 Å². The van der Waals surface area contributed by atoms with Gasteiger partial charge in [-0.3, -0.25) is 4.79 Å². The van der Waals surface area contributed by atoms with E-state index >= 15 is 0 Å². The van der Waals surface area contributed by atoms with E-state index in [1.165, 1.54) is 0 Å². The summed E-state index contributed by atoms with van der Waals surface area (Å²) in [6.07, 6.45) is 5.78. The lowest BCUT2D eigenvalue weighted by Gasteiger charge is -2.17. The third kappa shape index (κ3) is 4.16. The van der Waals surface area contributed by atoms with Crippen LogP contribution in [0.25, 0.3) is 6.08 Å². The topological polar surface area (TPSA) is 35.5 Å². The van der Waals surface area contributed by atoms with Gasteiger partial charge >= 0.3 is 0 Å². The minimum Gasteiger partial charge on any atom is -0.490 e. The van der Waals surface area contributed by atoms with Gasteiger partial charge < -0.3 is 9.47 Å². The summed E-state index contributed by atoms with van der Waals surface area (Å²) in [6, 6.07) is 13.8. The van der Waals surface area contributed by atoms with Crippen LogP contribution in [0.3, 0.4) is 0 Å². The number of carbonyl (C=O) groups excluding carboxylic acids is 1. The molecule has 0 bridgehead atoms. The van der Waals surface area contributed by atoms with Crippen molar-refractivity contribution >= 4 is 11.9 Å². The van der Waals surface area contributed by atoms with E-state index in [4.69, 9.17) is 9.47 Å². The number of hydrogen-bond donors (Lipinski definition) is 0. The zero-order valence-electron chi connectivity index (χ0n) is 15.6. The molecule has 0 N–H and O–H groups in total.